The predicted molar refractivity (Wildman–Crippen MR) is 130 cm³/mol. The Morgan fingerprint density at radius 1 is 1.13 bits per heavy atom. The third kappa shape index (κ3) is 9.60. The zero-order valence-electron chi connectivity index (χ0n) is 18.1. The highest BCUT2D eigenvalue weighted by Crippen LogP contribution is 2.28. The Labute approximate surface area is 200 Å². The van der Waals surface area contributed by atoms with Crippen LogP contribution in [0.2, 0.25) is 0 Å². The van der Waals surface area contributed by atoms with Crippen molar-refractivity contribution in [2.45, 2.75) is 26.5 Å². The van der Waals surface area contributed by atoms with Crippen molar-refractivity contribution < 1.29 is 23.7 Å². The molecule has 0 aliphatic heterocycles. The fourth-order valence-corrected chi connectivity index (χ4v) is 2.62. The second kappa shape index (κ2) is 14.7. The molecule has 2 aromatic carbocycles. The van der Waals surface area contributed by atoms with Crippen molar-refractivity contribution >= 4 is 29.9 Å². The highest BCUT2D eigenvalue weighted by atomic mass is 127. The molecule has 3 N–H and O–H groups in total. The number of aliphatic hydroxyl groups excluding tert-OH is 1. The summed E-state index contributed by atoms with van der Waals surface area (Å²) in [6.07, 6.45) is -0.137. The van der Waals surface area contributed by atoms with E-state index >= 15 is 0 Å². The summed E-state index contributed by atoms with van der Waals surface area (Å²) in [6, 6.07) is 11.5. The highest BCUT2D eigenvalue weighted by Gasteiger charge is 2.08. The minimum atomic E-state index is -0.292. The molecule has 31 heavy (non-hydrogen) atoms. The van der Waals surface area contributed by atoms with Crippen molar-refractivity contribution in [3.05, 3.63) is 53.8 Å². The van der Waals surface area contributed by atoms with Crippen LogP contribution in [0.1, 0.15) is 19.4 Å². The first-order valence-electron chi connectivity index (χ1n) is 9.90. The van der Waals surface area contributed by atoms with Gasteiger partial charge < -0.3 is 30.0 Å². The summed E-state index contributed by atoms with van der Waals surface area (Å²) in [6.45, 7) is 5.76. The van der Waals surface area contributed by atoms with E-state index in [1.807, 2.05) is 26.0 Å². The van der Waals surface area contributed by atoms with Crippen LogP contribution in [0.15, 0.2) is 47.5 Å². The molecule has 0 aliphatic rings. The quantitative estimate of drug-likeness (QED) is 0.228. The minimum Gasteiger partial charge on any atom is -0.493 e. The van der Waals surface area contributed by atoms with Crippen molar-refractivity contribution in [2.24, 2.45) is 4.99 Å². The van der Waals surface area contributed by atoms with Crippen molar-refractivity contribution in [2.75, 3.05) is 33.4 Å². The average Bonchev–Trinajstić information content (AvgIpc) is 2.76. The Hall–Kier alpha value is -2.27. The number of halogens is 2. The van der Waals surface area contributed by atoms with Gasteiger partial charge in [0.2, 0.25) is 0 Å². The van der Waals surface area contributed by atoms with Crippen molar-refractivity contribution in [1.82, 2.24) is 10.6 Å². The Kier molecular flexibility index (Phi) is 12.7. The number of hydrogen-bond donors (Lipinski definition) is 3. The monoisotopic (exact) mass is 547 g/mol. The molecule has 0 fully saturated rings. The summed E-state index contributed by atoms with van der Waals surface area (Å²) in [5, 5.41) is 15.3. The summed E-state index contributed by atoms with van der Waals surface area (Å²) < 4.78 is 29.6. The van der Waals surface area contributed by atoms with Gasteiger partial charge in [-0.2, -0.15) is 0 Å². The van der Waals surface area contributed by atoms with Crippen LogP contribution in [-0.4, -0.2) is 50.6 Å². The standard InChI is InChI=1S/C22H30FN3O4.HI/c1-4-24-22(25-14-16(2)30-19-8-6-18(23)7-9-19)26-15-17-5-10-20(29-12-11-27)21(13-17)28-3;/h5-10,13,16,27H,4,11-12,14-15H2,1-3H3,(H2,24,25,26);1H. The molecular formula is C22H31FIN3O4. The topological polar surface area (TPSA) is 84.3 Å². The summed E-state index contributed by atoms with van der Waals surface area (Å²) in [5.41, 5.74) is 0.955. The van der Waals surface area contributed by atoms with Crippen molar-refractivity contribution in [1.29, 1.82) is 0 Å². The van der Waals surface area contributed by atoms with Crippen LogP contribution in [0.3, 0.4) is 0 Å². The van der Waals surface area contributed by atoms with Gasteiger partial charge in [0.15, 0.2) is 17.5 Å². The van der Waals surface area contributed by atoms with Crippen LogP contribution in [0, 0.1) is 5.82 Å². The zero-order valence-corrected chi connectivity index (χ0v) is 20.4. The molecule has 2 aromatic rings. The lowest BCUT2D eigenvalue weighted by molar-refractivity contribution is 0.196. The molecule has 0 bridgehead atoms. The van der Waals surface area contributed by atoms with E-state index in [-0.39, 0.29) is 49.1 Å². The van der Waals surface area contributed by atoms with E-state index < -0.39 is 0 Å². The second-order valence-electron chi connectivity index (χ2n) is 6.52. The van der Waals surface area contributed by atoms with Gasteiger partial charge in [-0.25, -0.2) is 9.38 Å². The van der Waals surface area contributed by atoms with E-state index in [4.69, 9.17) is 19.3 Å². The van der Waals surface area contributed by atoms with Crippen molar-refractivity contribution in [3.8, 4) is 17.2 Å². The maximum absolute atomic E-state index is 13.0. The van der Waals surface area contributed by atoms with E-state index in [2.05, 4.69) is 15.6 Å². The fraction of sp³-hybridized carbons (Fsp3) is 0.409. The number of hydrogen-bond acceptors (Lipinski definition) is 5. The molecule has 0 aromatic heterocycles. The van der Waals surface area contributed by atoms with Crippen LogP contribution in [0.4, 0.5) is 4.39 Å². The first kappa shape index (κ1) is 26.8. The number of aliphatic hydroxyl groups is 1. The molecule has 0 saturated heterocycles. The third-order valence-corrected chi connectivity index (χ3v) is 4.05. The summed E-state index contributed by atoms with van der Waals surface area (Å²) in [4.78, 5) is 4.59. The molecule has 0 radical (unpaired) electrons. The zero-order chi connectivity index (χ0) is 21.8. The Morgan fingerprint density at radius 3 is 2.52 bits per heavy atom. The van der Waals surface area contributed by atoms with Crippen LogP contribution in [-0.2, 0) is 6.54 Å². The molecule has 0 aliphatic carbocycles. The van der Waals surface area contributed by atoms with Crippen LogP contribution < -0.4 is 24.8 Å². The number of aliphatic imine (C=N–C) groups is 1. The molecule has 2 rings (SSSR count). The van der Waals surface area contributed by atoms with Crippen LogP contribution in [0.25, 0.3) is 0 Å². The molecule has 0 amide bonds. The molecule has 1 unspecified atom stereocenters. The van der Waals surface area contributed by atoms with Gasteiger partial charge in [0, 0.05) is 6.54 Å². The Balaban J connectivity index is 0.00000480. The van der Waals surface area contributed by atoms with Gasteiger partial charge in [0.1, 0.15) is 24.3 Å². The molecule has 0 heterocycles. The van der Waals surface area contributed by atoms with Crippen LogP contribution in [0.5, 0.6) is 17.2 Å². The van der Waals surface area contributed by atoms with E-state index in [0.717, 1.165) is 12.1 Å². The molecule has 172 valence electrons. The number of methoxy groups -OCH3 is 1. The van der Waals surface area contributed by atoms with Crippen LogP contribution >= 0.6 is 24.0 Å². The summed E-state index contributed by atoms with van der Waals surface area (Å²) >= 11 is 0. The number of guanidine groups is 1. The van der Waals surface area contributed by atoms with E-state index in [1.54, 1.807) is 25.3 Å². The van der Waals surface area contributed by atoms with Gasteiger partial charge in [-0.15, -0.1) is 24.0 Å². The fourth-order valence-electron chi connectivity index (χ4n) is 2.62. The lowest BCUT2D eigenvalue weighted by Crippen LogP contribution is -2.41. The van der Waals surface area contributed by atoms with Gasteiger partial charge in [-0.05, 0) is 55.8 Å². The molecule has 9 heteroatoms. The smallest absolute Gasteiger partial charge is 0.191 e. The summed E-state index contributed by atoms with van der Waals surface area (Å²) in [7, 11) is 1.57. The largest absolute Gasteiger partial charge is 0.493 e. The molecule has 0 saturated carbocycles. The first-order valence-corrected chi connectivity index (χ1v) is 9.90. The Morgan fingerprint density at radius 2 is 1.87 bits per heavy atom. The van der Waals surface area contributed by atoms with Crippen molar-refractivity contribution in [3.63, 3.8) is 0 Å². The Bertz CT molecular complexity index is 806. The number of nitrogens with one attached hydrogen (secondary N) is 2. The average molecular weight is 547 g/mol. The lowest BCUT2D eigenvalue weighted by atomic mass is 10.2. The molecule has 1 atom stereocenters. The van der Waals surface area contributed by atoms with E-state index in [1.165, 1.54) is 12.1 Å². The summed E-state index contributed by atoms with van der Waals surface area (Å²) in [5.74, 6) is 2.15. The molecular weight excluding hydrogens is 516 g/mol. The number of rotatable bonds is 11. The first-order chi connectivity index (χ1) is 14.5. The second-order valence-corrected chi connectivity index (χ2v) is 6.52. The number of nitrogens with zero attached hydrogens (tertiary/aromatic N) is 1. The number of ether oxygens (including phenoxy) is 3. The normalized spacial score (nSPS) is 11.8. The minimum absolute atomic E-state index is 0. The molecule has 0 spiro atoms. The predicted octanol–water partition coefficient (Wildman–Crippen LogP) is 3.35. The van der Waals surface area contributed by atoms with Gasteiger partial charge >= 0.3 is 0 Å². The third-order valence-electron chi connectivity index (χ3n) is 4.05. The van der Waals surface area contributed by atoms with Gasteiger partial charge in [-0.3, -0.25) is 0 Å². The van der Waals surface area contributed by atoms with E-state index in [0.29, 0.717) is 36.3 Å². The van der Waals surface area contributed by atoms with Gasteiger partial charge in [0.05, 0.1) is 26.8 Å². The van der Waals surface area contributed by atoms with Gasteiger partial charge in [-0.1, -0.05) is 6.07 Å². The molecule has 7 nitrogen and oxygen atoms in total. The SMILES string of the molecule is CCNC(=NCc1ccc(OCCO)c(OC)c1)NCC(C)Oc1ccc(F)cc1.I. The van der Waals surface area contributed by atoms with Gasteiger partial charge in [0.25, 0.3) is 0 Å². The maximum Gasteiger partial charge on any atom is 0.191 e. The highest BCUT2D eigenvalue weighted by molar-refractivity contribution is 14.0. The lowest BCUT2D eigenvalue weighted by Gasteiger charge is -2.18. The number of benzene rings is 2. The van der Waals surface area contributed by atoms with E-state index in [9.17, 15) is 4.39 Å². The maximum atomic E-state index is 13.0.